The second kappa shape index (κ2) is 8.73. The van der Waals surface area contributed by atoms with Crippen LogP contribution in [0.3, 0.4) is 0 Å². The minimum absolute atomic E-state index is 0.0575. The van der Waals surface area contributed by atoms with Gasteiger partial charge in [-0.2, -0.15) is 0 Å². The van der Waals surface area contributed by atoms with Crippen LogP contribution in [-0.4, -0.2) is 23.5 Å². The monoisotopic (exact) mass is 394 g/mol. The fraction of sp³-hybridized carbons (Fsp3) is 0.263. The molecule has 6 nitrogen and oxygen atoms in total. The van der Waals surface area contributed by atoms with Crippen molar-refractivity contribution in [2.45, 2.75) is 32.5 Å². The first kappa shape index (κ1) is 20.5. The van der Waals surface area contributed by atoms with Crippen LogP contribution >= 0.6 is 11.6 Å². The van der Waals surface area contributed by atoms with Gasteiger partial charge in [0.1, 0.15) is 5.75 Å². The van der Waals surface area contributed by atoms with Crippen molar-refractivity contribution >= 4 is 23.4 Å². The highest BCUT2D eigenvalue weighted by atomic mass is 35.5. The Kier molecular flexibility index (Phi) is 6.63. The topological polar surface area (TPSA) is 76.7 Å². The summed E-state index contributed by atoms with van der Waals surface area (Å²) < 4.78 is 24.4. The lowest BCUT2D eigenvalue weighted by molar-refractivity contribution is -0.139. The van der Waals surface area contributed by atoms with Crippen molar-refractivity contribution in [3.63, 3.8) is 0 Å². The third kappa shape index (κ3) is 5.86. The van der Waals surface area contributed by atoms with E-state index in [0.29, 0.717) is 10.8 Å². The second-order valence-corrected chi connectivity index (χ2v) is 6.64. The summed E-state index contributed by atoms with van der Waals surface area (Å²) in [6.07, 6.45) is -1.03. The van der Waals surface area contributed by atoms with Gasteiger partial charge in [-0.05, 0) is 57.2 Å². The zero-order valence-electron chi connectivity index (χ0n) is 15.1. The van der Waals surface area contributed by atoms with E-state index in [4.69, 9.17) is 21.1 Å². The summed E-state index contributed by atoms with van der Waals surface area (Å²) in [5, 5.41) is 0.542. The predicted molar refractivity (Wildman–Crippen MR) is 98.9 cm³/mol. The van der Waals surface area contributed by atoms with Crippen molar-refractivity contribution in [3.05, 3.63) is 59.4 Å². The van der Waals surface area contributed by atoms with Crippen molar-refractivity contribution in [1.82, 2.24) is 10.9 Å². The summed E-state index contributed by atoms with van der Waals surface area (Å²) >= 11 is 5.81. The molecule has 0 aliphatic heterocycles. The Morgan fingerprint density at radius 2 is 1.70 bits per heavy atom. The van der Waals surface area contributed by atoms with E-state index in [1.165, 1.54) is 25.1 Å². The highest BCUT2D eigenvalue weighted by Crippen LogP contribution is 2.21. The summed E-state index contributed by atoms with van der Waals surface area (Å²) in [7, 11) is 0. The van der Waals surface area contributed by atoms with Crippen molar-refractivity contribution < 1.29 is 23.5 Å². The molecule has 2 aromatic rings. The molecule has 27 heavy (non-hydrogen) atoms. The Morgan fingerprint density at radius 1 is 1.07 bits per heavy atom. The van der Waals surface area contributed by atoms with E-state index in [9.17, 15) is 14.0 Å². The number of nitrogens with one attached hydrogen (secondary N) is 2. The molecule has 0 aromatic heterocycles. The number of hydrogen-bond donors (Lipinski definition) is 2. The Bertz CT molecular complexity index is 812. The molecule has 1 atom stereocenters. The maximum atomic E-state index is 13.6. The molecule has 0 radical (unpaired) electrons. The normalized spacial score (nSPS) is 12.0. The molecule has 1 unspecified atom stereocenters. The third-order valence-corrected chi connectivity index (χ3v) is 3.79. The van der Waals surface area contributed by atoms with Gasteiger partial charge in [0.05, 0.1) is 0 Å². The van der Waals surface area contributed by atoms with Crippen LogP contribution in [0.4, 0.5) is 4.39 Å². The number of rotatable bonds is 6. The zero-order chi connectivity index (χ0) is 20.0. The van der Waals surface area contributed by atoms with Crippen molar-refractivity contribution in [2.75, 3.05) is 0 Å². The summed E-state index contributed by atoms with van der Waals surface area (Å²) in [5.41, 5.74) is 3.24. The Morgan fingerprint density at radius 3 is 2.33 bits per heavy atom. The van der Waals surface area contributed by atoms with E-state index in [2.05, 4.69) is 10.9 Å². The number of amides is 2. The van der Waals surface area contributed by atoms with Gasteiger partial charge in [0.2, 0.25) is 0 Å². The van der Waals surface area contributed by atoms with Gasteiger partial charge in [0.15, 0.2) is 23.3 Å². The standard InChI is InChI=1S/C19H20ClFN2O4/c1-12(26-16-7-5-4-6-15(16)21)17(24)22-23-18(25)19(2,3)27-14-10-8-13(20)9-11-14/h4-12H,1-3H3,(H,22,24)(H,23,25). The molecule has 144 valence electrons. The molecule has 0 saturated heterocycles. The molecule has 2 rings (SSSR count). The fourth-order valence-corrected chi connectivity index (χ4v) is 2.12. The Balaban J connectivity index is 1.88. The minimum Gasteiger partial charge on any atom is -0.478 e. The first-order valence-corrected chi connectivity index (χ1v) is 8.53. The van der Waals surface area contributed by atoms with Crippen LogP contribution in [-0.2, 0) is 9.59 Å². The average Bonchev–Trinajstić information content (AvgIpc) is 2.63. The number of ether oxygens (including phenoxy) is 2. The van der Waals surface area contributed by atoms with Gasteiger partial charge in [-0.15, -0.1) is 0 Å². The van der Waals surface area contributed by atoms with Crippen LogP contribution in [0.1, 0.15) is 20.8 Å². The molecule has 0 heterocycles. The van der Waals surface area contributed by atoms with Gasteiger partial charge >= 0.3 is 0 Å². The lowest BCUT2D eigenvalue weighted by Crippen LogP contribution is -2.55. The number of benzene rings is 2. The van der Waals surface area contributed by atoms with Gasteiger partial charge in [-0.1, -0.05) is 23.7 Å². The number of carbonyl (C=O) groups excluding carboxylic acids is 2. The number of hydrazine groups is 1. The van der Waals surface area contributed by atoms with Gasteiger partial charge in [0, 0.05) is 5.02 Å². The quantitative estimate of drug-likeness (QED) is 0.737. The SMILES string of the molecule is CC(Oc1ccccc1F)C(=O)NNC(=O)C(C)(C)Oc1ccc(Cl)cc1. The summed E-state index contributed by atoms with van der Waals surface area (Å²) in [5.74, 6) is -1.42. The molecule has 0 spiro atoms. The Hall–Kier alpha value is -2.80. The van der Waals surface area contributed by atoms with Crippen LogP contribution in [0.25, 0.3) is 0 Å². The number of halogens is 2. The minimum atomic E-state index is -1.27. The van der Waals surface area contributed by atoms with E-state index in [1.807, 2.05) is 0 Å². The summed E-state index contributed by atoms with van der Waals surface area (Å²) in [4.78, 5) is 24.4. The molecular formula is C19H20ClFN2O4. The van der Waals surface area contributed by atoms with Crippen LogP contribution in [0.2, 0.25) is 5.02 Å². The van der Waals surface area contributed by atoms with E-state index < -0.39 is 29.3 Å². The lowest BCUT2D eigenvalue weighted by atomic mass is 10.1. The maximum Gasteiger partial charge on any atom is 0.281 e. The van der Waals surface area contributed by atoms with Gasteiger partial charge in [-0.25, -0.2) is 4.39 Å². The molecule has 0 aliphatic carbocycles. The number of carbonyl (C=O) groups is 2. The van der Waals surface area contributed by atoms with Crippen molar-refractivity contribution in [3.8, 4) is 11.5 Å². The van der Waals surface area contributed by atoms with Gasteiger partial charge < -0.3 is 9.47 Å². The largest absolute Gasteiger partial charge is 0.478 e. The highest BCUT2D eigenvalue weighted by Gasteiger charge is 2.31. The molecule has 2 aromatic carbocycles. The van der Waals surface area contributed by atoms with E-state index in [0.717, 1.165) is 0 Å². The summed E-state index contributed by atoms with van der Waals surface area (Å²) in [6, 6.07) is 12.2. The molecule has 0 bridgehead atoms. The molecular weight excluding hydrogens is 375 g/mol. The van der Waals surface area contributed by atoms with Crippen LogP contribution < -0.4 is 20.3 Å². The lowest BCUT2D eigenvalue weighted by Gasteiger charge is -2.25. The van der Waals surface area contributed by atoms with Crippen LogP contribution in [0, 0.1) is 5.82 Å². The van der Waals surface area contributed by atoms with Crippen molar-refractivity contribution in [2.24, 2.45) is 0 Å². The predicted octanol–water partition coefficient (Wildman–Crippen LogP) is 3.25. The van der Waals surface area contributed by atoms with Crippen molar-refractivity contribution in [1.29, 1.82) is 0 Å². The maximum absolute atomic E-state index is 13.6. The first-order valence-electron chi connectivity index (χ1n) is 8.15. The average molecular weight is 395 g/mol. The van der Waals surface area contributed by atoms with Crippen LogP contribution in [0.5, 0.6) is 11.5 Å². The summed E-state index contributed by atoms with van der Waals surface area (Å²) in [6.45, 7) is 4.52. The molecule has 0 fully saturated rings. The van der Waals surface area contributed by atoms with Gasteiger partial charge in [-0.3, -0.25) is 20.4 Å². The molecule has 0 aliphatic rings. The smallest absolute Gasteiger partial charge is 0.281 e. The van der Waals surface area contributed by atoms with Crippen LogP contribution in [0.15, 0.2) is 48.5 Å². The number of para-hydroxylation sites is 1. The van der Waals surface area contributed by atoms with Gasteiger partial charge in [0.25, 0.3) is 11.8 Å². The third-order valence-electron chi connectivity index (χ3n) is 3.54. The number of hydrogen-bond acceptors (Lipinski definition) is 4. The first-order chi connectivity index (χ1) is 12.7. The fourth-order valence-electron chi connectivity index (χ4n) is 2.00. The van der Waals surface area contributed by atoms with E-state index in [1.54, 1.807) is 44.2 Å². The second-order valence-electron chi connectivity index (χ2n) is 6.20. The molecule has 2 amide bonds. The van der Waals surface area contributed by atoms with E-state index >= 15 is 0 Å². The molecule has 8 heteroatoms. The zero-order valence-corrected chi connectivity index (χ0v) is 15.8. The Labute approximate surface area is 161 Å². The highest BCUT2D eigenvalue weighted by molar-refractivity contribution is 6.30. The molecule has 2 N–H and O–H groups in total. The molecule has 0 saturated carbocycles. The van der Waals surface area contributed by atoms with E-state index in [-0.39, 0.29) is 5.75 Å².